The van der Waals surface area contributed by atoms with E-state index in [4.69, 9.17) is 24.5 Å². The summed E-state index contributed by atoms with van der Waals surface area (Å²) in [6.45, 7) is 6.45. The minimum absolute atomic E-state index is 0.359. The molecule has 0 aromatic heterocycles. The number of fused-ring (bicyclic) bond motifs is 1. The number of hydrogen-bond donors (Lipinski definition) is 2. The van der Waals surface area contributed by atoms with Crippen LogP contribution in [0.1, 0.15) is 5.56 Å². The molecule has 2 aliphatic heterocycles. The molecule has 0 bridgehead atoms. The number of hydrogen-bond acceptors (Lipinski definition) is 5. The van der Waals surface area contributed by atoms with Crippen LogP contribution in [0.5, 0.6) is 0 Å². The Morgan fingerprint density at radius 2 is 1.55 bits per heavy atom. The standard InChI is InChI=1S/C16H24N2O.2C2HF3O2/c1-17(2)11-16-12-18(9-15(16)10-19-13-16)8-14-6-4-3-5-7-14;2*3-2(4,5)1(6)7/h3-7,15H,8-13H2,1-2H3;2*(H,6,7)/t15-,16+;;/m1../s1. The van der Waals surface area contributed by atoms with Gasteiger partial charge in [-0.25, -0.2) is 9.59 Å². The zero-order valence-corrected chi connectivity index (χ0v) is 18.0. The summed E-state index contributed by atoms with van der Waals surface area (Å²) < 4.78 is 69.2. The summed E-state index contributed by atoms with van der Waals surface area (Å²) in [5, 5.41) is 14.2. The quantitative estimate of drug-likeness (QED) is 0.630. The van der Waals surface area contributed by atoms with Crippen LogP contribution in [0.3, 0.4) is 0 Å². The average Bonchev–Trinajstić information content (AvgIpc) is 3.17. The molecule has 2 N–H and O–H groups in total. The number of likely N-dealkylation sites (tertiary alicyclic amines) is 1. The van der Waals surface area contributed by atoms with Crippen LogP contribution in [-0.4, -0.2) is 91.2 Å². The van der Waals surface area contributed by atoms with Crippen molar-refractivity contribution in [2.45, 2.75) is 18.9 Å². The number of halogens is 6. The van der Waals surface area contributed by atoms with Gasteiger partial charge in [-0.3, -0.25) is 4.90 Å². The van der Waals surface area contributed by atoms with Crippen LogP contribution in [0.15, 0.2) is 30.3 Å². The summed E-state index contributed by atoms with van der Waals surface area (Å²) in [4.78, 5) is 22.7. The molecule has 0 unspecified atom stereocenters. The molecule has 2 saturated heterocycles. The van der Waals surface area contributed by atoms with Gasteiger partial charge < -0.3 is 19.8 Å². The Kier molecular flexibility index (Phi) is 10.1. The van der Waals surface area contributed by atoms with Gasteiger partial charge in [0.1, 0.15) is 0 Å². The molecule has 3 rings (SSSR count). The van der Waals surface area contributed by atoms with Crippen LogP contribution in [-0.2, 0) is 20.9 Å². The molecule has 2 atom stereocenters. The average molecular weight is 488 g/mol. The lowest BCUT2D eigenvalue weighted by atomic mass is 9.81. The van der Waals surface area contributed by atoms with Crippen molar-refractivity contribution in [1.82, 2.24) is 9.80 Å². The number of alkyl halides is 6. The second-order valence-corrected chi connectivity index (χ2v) is 8.07. The highest BCUT2D eigenvalue weighted by Crippen LogP contribution is 2.42. The molecule has 1 aromatic carbocycles. The summed E-state index contributed by atoms with van der Waals surface area (Å²) in [5.74, 6) is -4.81. The number of carboxylic acid groups (broad SMARTS) is 2. The fourth-order valence-electron chi connectivity index (χ4n) is 3.76. The number of nitrogens with zero attached hydrogens (tertiary/aromatic N) is 2. The first kappa shape index (κ1) is 28.7. The molecule has 0 amide bonds. The van der Waals surface area contributed by atoms with Crippen LogP contribution in [0.4, 0.5) is 26.3 Å². The second kappa shape index (κ2) is 11.7. The van der Waals surface area contributed by atoms with Gasteiger partial charge in [0.15, 0.2) is 0 Å². The van der Waals surface area contributed by atoms with Gasteiger partial charge in [0.05, 0.1) is 13.2 Å². The van der Waals surface area contributed by atoms with E-state index in [1.165, 1.54) is 18.7 Å². The van der Waals surface area contributed by atoms with Crippen molar-refractivity contribution in [3.63, 3.8) is 0 Å². The zero-order valence-electron chi connectivity index (χ0n) is 18.0. The minimum Gasteiger partial charge on any atom is -0.475 e. The molecule has 188 valence electrons. The third-order valence-corrected chi connectivity index (χ3v) is 4.96. The Morgan fingerprint density at radius 3 is 1.97 bits per heavy atom. The Hall–Kier alpha value is -2.38. The number of ether oxygens (including phenoxy) is 1. The third kappa shape index (κ3) is 9.56. The van der Waals surface area contributed by atoms with Crippen molar-refractivity contribution in [3.8, 4) is 0 Å². The Bertz CT molecular complexity index is 748. The maximum atomic E-state index is 10.6. The Morgan fingerprint density at radius 1 is 1.06 bits per heavy atom. The van der Waals surface area contributed by atoms with Gasteiger partial charge in [-0.1, -0.05) is 30.3 Å². The molecule has 13 heteroatoms. The van der Waals surface area contributed by atoms with E-state index in [2.05, 4.69) is 54.2 Å². The monoisotopic (exact) mass is 488 g/mol. The van der Waals surface area contributed by atoms with Crippen LogP contribution in [0.25, 0.3) is 0 Å². The predicted octanol–water partition coefficient (Wildman–Crippen LogP) is 2.96. The lowest BCUT2D eigenvalue weighted by Crippen LogP contribution is -2.40. The molecule has 2 fully saturated rings. The molecule has 2 heterocycles. The molecular weight excluding hydrogens is 462 g/mol. The van der Waals surface area contributed by atoms with E-state index in [0.29, 0.717) is 11.3 Å². The molecule has 0 aliphatic carbocycles. The zero-order chi connectivity index (χ0) is 25.4. The molecule has 2 aliphatic rings. The topological polar surface area (TPSA) is 90.3 Å². The first-order valence-corrected chi connectivity index (χ1v) is 9.66. The SMILES string of the molecule is CN(C)C[C@]12COC[C@H]1CN(Cc1ccccc1)C2.O=C(O)C(F)(F)F.O=C(O)C(F)(F)F. The summed E-state index contributed by atoms with van der Waals surface area (Å²) in [7, 11) is 4.34. The molecule has 7 nitrogen and oxygen atoms in total. The van der Waals surface area contributed by atoms with Crippen LogP contribution in [0.2, 0.25) is 0 Å². The molecular formula is C20H26F6N2O5. The van der Waals surface area contributed by atoms with Crippen LogP contribution >= 0.6 is 0 Å². The number of carbonyl (C=O) groups is 2. The summed E-state index contributed by atoms with van der Waals surface area (Å²) in [6, 6.07) is 10.8. The van der Waals surface area contributed by atoms with Crippen molar-refractivity contribution in [2.24, 2.45) is 11.3 Å². The number of aliphatic carboxylic acids is 2. The van der Waals surface area contributed by atoms with E-state index in [0.717, 1.165) is 26.3 Å². The lowest BCUT2D eigenvalue weighted by Gasteiger charge is -2.30. The highest BCUT2D eigenvalue weighted by Gasteiger charge is 2.50. The molecule has 33 heavy (non-hydrogen) atoms. The summed E-state index contributed by atoms with van der Waals surface area (Å²) >= 11 is 0. The van der Waals surface area contributed by atoms with Crippen molar-refractivity contribution in [1.29, 1.82) is 0 Å². The molecule has 0 radical (unpaired) electrons. The van der Waals surface area contributed by atoms with E-state index < -0.39 is 24.3 Å². The van der Waals surface area contributed by atoms with E-state index in [1.54, 1.807) is 0 Å². The highest BCUT2D eigenvalue weighted by molar-refractivity contribution is 5.73. The van der Waals surface area contributed by atoms with E-state index >= 15 is 0 Å². The minimum atomic E-state index is -5.08. The van der Waals surface area contributed by atoms with E-state index in [9.17, 15) is 26.3 Å². The predicted molar refractivity (Wildman–Crippen MR) is 104 cm³/mol. The van der Waals surface area contributed by atoms with Gasteiger partial charge >= 0.3 is 24.3 Å². The van der Waals surface area contributed by atoms with Crippen LogP contribution in [0, 0.1) is 11.3 Å². The van der Waals surface area contributed by atoms with Gasteiger partial charge in [0.2, 0.25) is 0 Å². The third-order valence-electron chi connectivity index (χ3n) is 4.96. The maximum Gasteiger partial charge on any atom is 0.490 e. The van der Waals surface area contributed by atoms with Gasteiger partial charge in [-0.2, -0.15) is 26.3 Å². The van der Waals surface area contributed by atoms with E-state index in [1.807, 2.05) is 0 Å². The Labute approximate surface area is 186 Å². The van der Waals surface area contributed by atoms with Crippen molar-refractivity contribution in [2.75, 3.05) is 46.9 Å². The molecule has 1 aromatic rings. The number of carboxylic acids is 2. The van der Waals surface area contributed by atoms with Gasteiger partial charge in [0.25, 0.3) is 0 Å². The molecule has 0 spiro atoms. The largest absolute Gasteiger partial charge is 0.490 e. The first-order chi connectivity index (χ1) is 15.1. The Balaban J connectivity index is 0.000000324. The van der Waals surface area contributed by atoms with Crippen LogP contribution < -0.4 is 0 Å². The summed E-state index contributed by atoms with van der Waals surface area (Å²) in [5.41, 5.74) is 1.78. The second-order valence-electron chi connectivity index (χ2n) is 8.07. The highest BCUT2D eigenvalue weighted by atomic mass is 19.4. The van der Waals surface area contributed by atoms with Gasteiger partial charge in [0, 0.05) is 37.5 Å². The van der Waals surface area contributed by atoms with Crippen molar-refractivity contribution < 1.29 is 50.9 Å². The number of rotatable bonds is 4. The molecule has 0 saturated carbocycles. The fourth-order valence-corrected chi connectivity index (χ4v) is 3.76. The number of benzene rings is 1. The fraction of sp³-hybridized carbons (Fsp3) is 0.600. The van der Waals surface area contributed by atoms with Crippen molar-refractivity contribution >= 4 is 11.9 Å². The first-order valence-electron chi connectivity index (χ1n) is 9.66. The summed E-state index contributed by atoms with van der Waals surface area (Å²) in [6.07, 6.45) is -10.2. The maximum absolute atomic E-state index is 10.6. The van der Waals surface area contributed by atoms with Gasteiger partial charge in [-0.05, 0) is 19.7 Å². The lowest BCUT2D eigenvalue weighted by molar-refractivity contribution is -0.193. The van der Waals surface area contributed by atoms with E-state index in [-0.39, 0.29) is 0 Å². The van der Waals surface area contributed by atoms with Gasteiger partial charge in [-0.15, -0.1) is 0 Å². The smallest absolute Gasteiger partial charge is 0.475 e. The van der Waals surface area contributed by atoms with Crippen molar-refractivity contribution in [3.05, 3.63) is 35.9 Å². The normalized spacial score (nSPS) is 22.6.